The first-order chi connectivity index (χ1) is 16.9. The number of benzene rings is 3. The molecule has 5 rings (SSSR count). The Bertz CT molecular complexity index is 1390. The van der Waals surface area contributed by atoms with Crippen molar-refractivity contribution >= 4 is 46.2 Å². The fourth-order valence-electron chi connectivity index (χ4n) is 6.17. The van der Waals surface area contributed by atoms with E-state index in [1.165, 1.54) is 33.4 Å². The molecule has 0 nitrogen and oxygen atoms in total. The van der Waals surface area contributed by atoms with Gasteiger partial charge in [-0.2, -0.15) is 0 Å². The summed E-state index contributed by atoms with van der Waals surface area (Å²) in [6.07, 6.45) is 14.0. The molecule has 0 N–H and O–H groups in total. The van der Waals surface area contributed by atoms with Gasteiger partial charge in [0.15, 0.2) is 0 Å². The Labute approximate surface area is 238 Å². The third-order valence-electron chi connectivity index (χ3n) is 8.34. The summed E-state index contributed by atoms with van der Waals surface area (Å²) in [7, 11) is 0. The zero-order valence-electron chi connectivity index (χ0n) is 22.2. The van der Waals surface area contributed by atoms with Crippen molar-refractivity contribution in [2.75, 3.05) is 0 Å². The Morgan fingerprint density at radius 2 is 1.11 bits per heavy atom. The van der Waals surface area contributed by atoms with Crippen LogP contribution in [-0.4, -0.2) is 6.94 Å². The van der Waals surface area contributed by atoms with Crippen molar-refractivity contribution < 1.29 is 17.1 Å². The topological polar surface area (TPSA) is 0 Å². The van der Waals surface area contributed by atoms with E-state index in [-0.39, 0.29) is 24.8 Å². The minimum Gasteiger partial charge on any atom is -0.147 e. The predicted octanol–water partition coefficient (Wildman–Crippen LogP) is 8.31. The SMILES string of the molecule is CCc1cccc(C2=[C]([Hf]([CH3])(=[SiH2])([C]3=C(c4cccc(CC)c4)C=CC3)[c]3ccccc3)CC=C2)c1.Cl.Cl. The summed E-state index contributed by atoms with van der Waals surface area (Å²) in [5, 5.41) is 0. The molecule has 0 saturated carbocycles. The molecule has 37 heavy (non-hydrogen) atoms. The van der Waals surface area contributed by atoms with Gasteiger partial charge in [-0.1, -0.05) is 0 Å². The minimum absolute atomic E-state index is 0. The maximum atomic E-state index is 2.71. The van der Waals surface area contributed by atoms with Crippen molar-refractivity contribution in [3.05, 3.63) is 132 Å². The van der Waals surface area contributed by atoms with Crippen LogP contribution in [-0.2, 0) is 30.0 Å². The molecule has 0 radical (unpaired) electrons. The predicted molar refractivity (Wildman–Crippen MR) is 168 cm³/mol. The van der Waals surface area contributed by atoms with Crippen molar-refractivity contribution in [1.82, 2.24) is 0 Å². The summed E-state index contributed by atoms with van der Waals surface area (Å²) in [6.45, 7) is 6.90. The quantitative estimate of drug-likeness (QED) is 0.217. The van der Waals surface area contributed by atoms with E-state index in [9.17, 15) is 0 Å². The summed E-state index contributed by atoms with van der Waals surface area (Å²) in [6, 6.07) is 30.0. The average molecular weight is 712 g/mol. The average Bonchev–Trinajstić information content (AvgIpc) is 3.61. The molecule has 0 fully saturated rings. The number of allylic oxidation sites excluding steroid dienone is 8. The molecule has 0 aromatic heterocycles. The van der Waals surface area contributed by atoms with Crippen LogP contribution in [0.2, 0.25) is 4.68 Å². The molecular formula is C33H38Cl2HfSi. The maximum absolute atomic E-state index is 4.03. The van der Waals surface area contributed by atoms with Gasteiger partial charge >= 0.3 is 215 Å². The van der Waals surface area contributed by atoms with Crippen LogP contribution in [0.3, 0.4) is 0 Å². The Morgan fingerprint density at radius 1 is 0.649 bits per heavy atom. The largest absolute Gasteiger partial charge is 0.147 e. The van der Waals surface area contributed by atoms with Gasteiger partial charge in [-0.15, -0.1) is 24.8 Å². The molecule has 0 aliphatic heterocycles. The molecular weight excluding hydrogens is 674 g/mol. The molecule has 0 saturated heterocycles. The van der Waals surface area contributed by atoms with Crippen LogP contribution in [0.25, 0.3) is 11.1 Å². The summed E-state index contributed by atoms with van der Waals surface area (Å²) in [5.74, 6) is 0. The molecule has 192 valence electrons. The third kappa shape index (κ3) is 5.28. The van der Waals surface area contributed by atoms with Crippen LogP contribution < -0.4 is 3.32 Å². The van der Waals surface area contributed by atoms with Gasteiger partial charge in [0.1, 0.15) is 0 Å². The molecule has 3 aromatic rings. The standard InChI is InChI=1S/2C13H13.C6H5.CH3.2ClH.Hf.H2Si/c2*1-2-11-6-5-9-13(10-11)12-7-3-4-8-12;1-2-4-6-5-3-1;;;;;/h2*3,5-7,9-10H,2,4H2,1H3;1-5H;1H3;2*1H;;1H2. The first-order valence-corrected chi connectivity index (χ1v) is 30.4. The summed E-state index contributed by atoms with van der Waals surface area (Å²) in [4.78, 5) is 0. The molecule has 4 heteroatoms. The second-order valence-corrected chi connectivity index (χ2v) is 45.8. The first-order valence-electron chi connectivity index (χ1n) is 13.0. The van der Waals surface area contributed by atoms with E-state index < -0.39 is 17.1 Å². The number of halogens is 2. The van der Waals surface area contributed by atoms with Gasteiger partial charge in [-0.05, 0) is 0 Å². The second kappa shape index (κ2) is 12.0. The molecule has 3 aromatic carbocycles. The molecule has 0 heterocycles. The second-order valence-electron chi connectivity index (χ2n) is 10.5. The number of hydrogen-bond donors (Lipinski definition) is 0. The zero-order chi connectivity index (χ0) is 24.5. The van der Waals surface area contributed by atoms with Crippen molar-refractivity contribution in [3.8, 4) is 0 Å². The molecule has 2 aliphatic rings. The van der Waals surface area contributed by atoms with Gasteiger partial charge in [0, 0.05) is 0 Å². The van der Waals surface area contributed by atoms with Gasteiger partial charge in [-0.25, -0.2) is 0 Å². The Morgan fingerprint density at radius 3 is 1.54 bits per heavy atom. The molecule has 0 amide bonds. The smallest absolute Gasteiger partial charge is 0.147 e. The monoisotopic (exact) mass is 712 g/mol. The zero-order valence-corrected chi connectivity index (χ0v) is 28.8. The fourth-order valence-corrected chi connectivity index (χ4v) is 33.0. The van der Waals surface area contributed by atoms with Gasteiger partial charge in [-0.3, -0.25) is 0 Å². The first kappa shape index (κ1) is 29.8. The normalized spacial score (nSPS) is 15.1. The molecule has 0 spiro atoms. The number of aryl methyl sites for hydroxylation is 2. The van der Waals surface area contributed by atoms with Crippen LogP contribution >= 0.6 is 24.8 Å². The summed E-state index contributed by atoms with van der Waals surface area (Å²) < 4.78 is 7.75. The van der Waals surface area contributed by atoms with Crippen LogP contribution in [0, 0.1) is 0 Å². The van der Waals surface area contributed by atoms with Gasteiger partial charge < -0.3 is 0 Å². The van der Waals surface area contributed by atoms with Crippen molar-refractivity contribution in [3.63, 3.8) is 0 Å². The van der Waals surface area contributed by atoms with Crippen molar-refractivity contribution in [2.45, 2.75) is 44.2 Å². The number of rotatable bonds is 7. The summed E-state index contributed by atoms with van der Waals surface area (Å²) >= 11 is -4.03. The summed E-state index contributed by atoms with van der Waals surface area (Å²) in [5.41, 5.74) is 8.58. The number of hydrogen-bond acceptors (Lipinski definition) is 0. The molecule has 0 unspecified atom stereocenters. The van der Waals surface area contributed by atoms with Crippen molar-refractivity contribution in [1.29, 1.82) is 0 Å². The Hall–Kier alpha value is -1.71. The third-order valence-corrected chi connectivity index (χ3v) is 40.6. The fraction of sp³-hybridized carbons (Fsp3) is 0.212. The van der Waals surface area contributed by atoms with E-state index in [1.807, 2.05) is 0 Å². The molecule has 2 aliphatic carbocycles. The van der Waals surface area contributed by atoms with E-state index in [1.54, 1.807) is 9.98 Å². The van der Waals surface area contributed by atoms with E-state index in [4.69, 9.17) is 0 Å². The van der Waals surface area contributed by atoms with Crippen LogP contribution in [0.4, 0.5) is 0 Å². The van der Waals surface area contributed by atoms with E-state index in [2.05, 4.69) is 129 Å². The minimum atomic E-state index is -4.03. The Kier molecular flexibility index (Phi) is 9.67. The van der Waals surface area contributed by atoms with Gasteiger partial charge in [0.2, 0.25) is 0 Å². The van der Waals surface area contributed by atoms with Crippen LogP contribution in [0.15, 0.2) is 110 Å². The molecule has 0 atom stereocenters. The van der Waals surface area contributed by atoms with Crippen molar-refractivity contribution in [2.24, 2.45) is 0 Å². The van der Waals surface area contributed by atoms with Gasteiger partial charge in [0.05, 0.1) is 0 Å². The van der Waals surface area contributed by atoms with Crippen LogP contribution in [0.1, 0.15) is 48.9 Å². The van der Waals surface area contributed by atoms with E-state index in [0.29, 0.717) is 0 Å². The van der Waals surface area contributed by atoms with Crippen LogP contribution in [0.5, 0.6) is 0 Å². The Balaban J connectivity index is 0.00000190. The van der Waals surface area contributed by atoms with E-state index >= 15 is 0 Å². The maximum Gasteiger partial charge on any atom is -0.147 e. The molecule has 0 bridgehead atoms. The van der Waals surface area contributed by atoms with E-state index in [0.717, 1.165) is 25.7 Å². The van der Waals surface area contributed by atoms with Gasteiger partial charge in [0.25, 0.3) is 0 Å².